The van der Waals surface area contributed by atoms with Crippen molar-refractivity contribution in [3.8, 4) is 6.07 Å². The van der Waals surface area contributed by atoms with E-state index in [0.29, 0.717) is 23.2 Å². The number of nitrogens with zero attached hydrogens (tertiary/aromatic N) is 3. The molecule has 3 aliphatic rings. The first kappa shape index (κ1) is 30.2. The van der Waals surface area contributed by atoms with Crippen LogP contribution in [0.1, 0.15) is 62.1 Å². The first-order chi connectivity index (χ1) is 18.6. The van der Waals surface area contributed by atoms with Crippen LogP contribution < -0.4 is 4.90 Å². The van der Waals surface area contributed by atoms with Gasteiger partial charge in [0.25, 0.3) is 5.70 Å². The van der Waals surface area contributed by atoms with Gasteiger partial charge in [0.05, 0.1) is 12.6 Å². The van der Waals surface area contributed by atoms with Gasteiger partial charge in [0.2, 0.25) is 0 Å². The second kappa shape index (κ2) is 11.2. The lowest BCUT2D eigenvalue weighted by Crippen LogP contribution is -2.39. The van der Waals surface area contributed by atoms with Crippen LogP contribution in [0, 0.1) is 23.3 Å². The summed E-state index contributed by atoms with van der Waals surface area (Å²) >= 11 is 0. The quantitative estimate of drug-likeness (QED) is 0.194. The summed E-state index contributed by atoms with van der Waals surface area (Å²) in [5.41, 5.74) is 6.36. The maximum absolute atomic E-state index is 9.53. The van der Waals surface area contributed by atoms with Gasteiger partial charge in [0.15, 0.2) is 0 Å². The van der Waals surface area contributed by atoms with Crippen molar-refractivity contribution in [1.82, 2.24) is 0 Å². The van der Waals surface area contributed by atoms with Gasteiger partial charge < -0.3 is 9.64 Å². The molecule has 2 unspecified atom stereocenters. The lowest BCUT2D eigenvalue weighted by Gasteiger charge is -2.44. The van der Waals surface area contributed by atoms with Crippen molar-refractivity contribution in [2.45, 2.75) is 96.8 Å². The van der Waals surface area contributed by atoms with E-state index in [4.69, 9.17) is 11.3 Å². The van der Waals surface area contributed by atoms with E-state index >= 15 is 0 Å². The van der Waals surface area contributed by atoms with Crippen LogP contribution in [0.2, 0.25) is 51.4 Å². The van der Waals surface area contributed by atoms with Crippen LogP contribution in [-0.4, -0.2) is 29.2 Å². The third-order valence-corrected chi connectivity index (χ3v) is 11.5. The predicted octanol–water partition coefficient (Wildman–Crippen LogP) is 9.70. The molecule has 40 heavy (non-hydrogen) atoms. The SMILES string of the molecule is [C-]#[N+]/C(C#N)=C1C=C(/C=C/c2cc3c4c(c2)C(C[Si](C)(C)C)CCN4CCC3C[Si](C)(C)C)OC(C(C)(C)C)=C\1. The van der Waals surface area contributed by atoms with Crippen LogP contribution in [0.25, 0.3) is 10.9 Å². The Balaban J connectivity index is 1.80. The van der Waals surface area contributed by atoms with E-state index in [0.717, 1.165) is 5.76 Å². The number of hydrogen-bond acceptors (Lipinski definition) is 3. The maximum Gasteiger partial charge on any atom is 0.269 e. The number of rotatable bonds is 6. The van der Waals surface area contributed by atoms with Crippen LogP contribution in [0.15, 0.2) is 53.1 Å². The molecule has 0 amide bonds. The van der Waals surface area contributed by atoms with Gasteiger partial charge in [-0.05, 0) is 77.3 Å². The minimum atomic E-state index is -1.23. The van der Waals surface area contributed by atoms with E-state index in [1.54, 1.807) is 16.8 Å². The Morgan fingerprint density at radius 1 is 1.00 bits per heavy atom. The molecule has 212 valence electrons. The molecule has 0 aromatic heterocycles. The molecule has 0 aliphatic carbocycles. The van der Waals surface area contributed by atoms with Crippen LogP contribution in [-0.2, 0) is 4.74 Å². The Kier molecular flexibility index (Phi) is 8.46. The topological polar surface area (TPSA) is 40.6 Å². The van der Waals surface area contributed by atoms with Gasteiger partial charge in [-0.2, -0.15) is 0 Å². The fourth-order valence-corrected chi connectivity index (χ4v) is 10.2. The van der Waals surface area contributed by atoms with Crippen molar-refractivity contribution in [2.75, 3.05) is 18.0 Å². The van der Waals surface area contributed by atoms with Crippen LogP contribution in [0.5, 0.6) is 0 Å². The minimum Gasteiger partial charge on any atom is -0.461 e. The van der Waals surface area contributed by atoms with Gasteiger partial charge in [-0.1, -0.05) is 78.2 Å². The summed E-state index contributed by atoms with van der Waals surface area (Å²) in [5.74, 6) is 2.69. The van der Waals surface area contributed by atoms with Crippen molar-refractivity contribution in [2.24, 2.45) is 5.41 Å². The molecule has 1 aromatic rings. The zero-order valence-corrected chi connectivity index (χ0v) is 28.1. The van der Waals surface area contributed by atoms with E-state index < -0.39 is 16.1 Å². The summed E-state index contributed by atoms with van der Waals surface area (Å²) in [6.07, 6.45) is 10.4. The van der Waals surface area contributed by atoms with E-state index in [-0.39, 0.29) is 11.1 Å². The molecular weight excluding hydrogens is 523 g/mol. The highest BCUT2D eigenvalue weighted by atomic mass is 28.3. The van der Waals surface area contributed by atoms with Crippen molar-refractivity contribution in [3.63, 3.8) is 0 Å². The summed E-state index contributed by atoms with van der Waals surface area (Å²) < 4.78 is 6.31. The molecule has 0 fully saturated rings. The first-order valence-corrected chi connectivity index (χ1v) is 22.2. The molecule has 3 aliphatic heterocycles. The second-order valence-electron chi connectivity index (χ2n) is 15.3. The van der Waals surface area contributed by atoms with E-state index in [1.807, 2.05) is 18.2 Å². The fraction of sp³-hybridized carbons (Fsp3) is 0.529. The summed E-state index contributed by atoms with van der Waals surface area (Å²) in [7, 11) is -2.47. The Labute approximate surface area is 245 Å². The molecule has 6 heteroatoms. The Morgan fingerprint density at radius 3 is 2.00 bits per heavy atom. The third kappa shape index (κ3) is 7.09. The highest BCUT2D eigenvalue weighted by molar-refractivity contribution is 6.76. The van der Waals surface area contributed by atoms with Crippen LogP contribution in [0.4, 0.5) is 5.69 Å². The number of hydrogen-bond donors (Lipinski definition) is 0. The van der Waals surface area contributed by atoms with Crippen molar-refractivity contribution < 1.29 is 4.74 Å². The average Bonchev–Trinajstić information content (AvgIpc) is 2.84. The maximum atomic E-state index is 9.53. The van der Waals surface area contributed by atoms with Gasteiger partial charge in [0, 0.05) is 40.3 Å². The van der Waals surface area contributed by atoms with Gasteiger partial charge in [0.1, 0.15) is 11.5 Å². The molecule has 1 aromatic carbocycles. The zero-order valence-electron chi connectivity index (χ0n) is 26.1. The molecule has 0 saturated heterocycles. The second-order valence-corrected chi connectivity index (χ2v) is 26.4. The zero-order chi connectivity index (χ0) is 29.5. The summed E-state index contributed by atoms with van der Waals surface area (Å²) in [5, 5.41) is 9.53. The summed E-state index contributed by atoms with van der Waals surface area (Å²) in [6, 6.07) is 9.61. The average molecular weight is 570 g/mol. The standard InChI is InChI=1S/C34H47N3OSi2/c1-34(2,3)32-20-27(31(21-35)36-4)19-28(38-32)12-11-24-17-29-25(22-39(5,6)7)13-15-37-16-14-26(23-40(8,9)10)30(18-24)33(29)37/h11-12,17-20,25-26H,13-16,22-23H2,1-3,5-10H3/b12-11+,31-27+. The van der Waals surface area contributed by atoms with Gasteiger partial charge in [-0.3, -0.25) is 0 Å². The molecule has 0 saturated carbocycles. The largest absolute Gasteiger partial charge is 0.461 e. The summed E-state index contributed by atoms with van der Waals surface area (Å²) in [6.45, 7) is 31.1. The Hall–Kier alpha value is -2.81. The Morgan fingerprint density at radius 2 is 1.55 bits per heavy atom. The van der Waals surface area contributed by atoms with Gasteiger partial charge >= 0.3 is 0 Å². The number of ether oxygens (including phenoxy) is 1. The third-order valence-electron chi connectivity index (χ3n) is 8.08. The molecule has 0 N–H and O–H groups in total. The molecular formula is C34H47N3OSi2. The molecule has 0 spiro atoms. The number of nitriles is 1. The highest BCUT2D eigenvalue weighted by Gasteiger charge is 2.36. The van der Waals surface area contributed by atoms with Crippen molar-refractivity contribution in [1.29, 1.82) is 5.26 Å². The lowest BCUT2D eigenvalue weighted by atomic mass is 9.80. The minimum absolute atomic E-state index is 0.0950. The highest BCUT2D eigenvalue weighted by Crippen LogP contribution is 2.49. The van der Waals surface area contributed by atoms with Crippen LogP contribution in [0.3, 0.4) is 0 Å². The van der Waals surface area contributed by atoms with Crippen molar-refractivity contribution in [3.05, 3.63) is 81.3 Å². The van der Waals surface area contributed by atoms with Gasteiger partial charge in [-0.15, -0.1) is 0 Å². The van der Waals surface area contributed by atoms with Crippen molar-refractivity contribution >= 4 is 27.9 Å². The predicted molar refractivity (Wildman–Crippen MR) is 175 cm³/mol. The van der Waals surface area contributed by atoms with Gasteiger partial charge in [-0.25, -0.2) is 10.1 Å². The molecule has 2 atom stereocenters. The molecule has 4 rings (SSSR count). The molecule has 0 radical (unpaired) electrons. The molecule has 4 nitrogen and oxygen atoms in total. The number of benzene rings is 1. The molecule has 0 bridgehead atoms. The first-order valence-electron chi connectivity index (χ1n) is 14.8. The van der Waals surface area contributed by atoms with E-state index in [1.165, 1.54) is 43.6 Å². The fourth-order valence-electron chi connectivity index (χ4n) is 6.40. The van der Waals surface area contributed by atoms with Crippen LogP contribution >= 0.6 is 0 Å². The number of anilines is 1. The Bertz CT molecular complexity index is 1300. The number of allylic oxidation sites excluding steroid dienone is 6. The summed E-state index contributed by atoms with van der Waals surface area (Å²) in [4.78, 5) is 6.14. The lowest BCUT2D eigenvalue weighted by molar-refractivity contribution is 0.223. The smallest absolute Gasteiger partial charge is 0.269 e. The normalized spacial score (nSPS) is 22.5. The van der Waals surface area contributed by atoms with E-state index in [2.05, 4.69) is 94.1 Å². The molecule has 3 heterocycles. The van der Waals surface area contributed by atoms with E-state index in [9.17, 15) is 5.26 Å². The monoisotopic (exact) mass is 569 g/mol.